The minimum absolute atomic E-state index is 0.111. The van der Waals surface area contributed by atoms with Gasteiger partial charge >= 0.3 is 0 Å². The predicted molar refractivity (Wildman–Crippen MR) is 111 cm³/mol. The summed E-state index contributed by atoms with van der Waals surface area (Å²) in [6.07, 6.45) is 1.46. The van der Waals surface area contributed by atoms with Crippen molar-refractivity contribution in [3.8, 4) is 0 Å². The number of carbonyl (C=O) groups is 1. The average molecular weight is 352 g/mol. The zero-order chi connectivity index (χ0) is 19.7. The number of nitrogens with one attached hydrogen (secondary N) is 2. The van der Waals surface area contributed by atoms with Crippen molar-refractivity contribution in [1.82, 2.24) is 4.98 Å². The molecular weight excluding hydrogens is 324 g/mol. The Balaban J connectivity index is 0.000000791. The van der Waals surface area contributed by atoms with Crippen LogP contribution < -0.4 is 10.7 Å². The highest BCUT2D eigenvalue weighted by Gasteiger charge is 2.13. The predicted octanol–water partition coefficient (Wildman–Crippen LogP) is 5.45. The number of aromatic amines is 1. The summed E-state index contributed by atoms with van der Waals surface area (Å²) in [7, 11) is 0. The maximum atomic E-state index is 12.4. The third kappa shape index (κ3) is 4.82. The molecule has 1 aromatic heterocycles. The number of hydrogen-bond donors (Lipinski definition) is 2. The number of aromatic nitrogens is 1. The van der Waals surface area contributed by atoms with Gasteiger partial charge in [-0.1, -0.05) is 52.0 Å². The highest BCUT2D eigenvalue weighted by molar-refractivity contribution is 6.06. The van der Waals surface area contributed by atoms with Gasteiger partial charge in [-0.15, -0.1) is 0 Å². The van der Waals surface area contributed by atoms with Crippen molar-refractivity contribution in [2.75, 3.05) is 5.32 Å². The zero-order valence-electron chi connectivity index (χ0n) is 16.4. The summed E-state index contributed by atoms with van der Waals surface area (Å²) >= 11 is 0. The minimum atomic E-state index is -0.402. The molecule has 0 saturated heterocycles. The standard InChI is InChI=1S/C18H16N2O2.2C2H6/c1-11-7-8-12(2)16(9-11)20-18(22)14-10-19-15-6-4-3-5-13(15)17(14)21;2*1-2/h3-10H,1-2H3,(H,19,21)(H,20,22);2*1-2H3. The summed E-state index contributed by atoms with van der Waals surface area (Å²) in [5.74, 6) is -0.402. The number of benzene rings is 2. The van der Waals surface area contributed by atoms with Gasteiger partial charge in [0.05, 0.1) is 0 Å². The number of anilines is 1. The first kappa shape index (κ1) is 21.2. The normalized spacial score (nSPS) is 9.46. The molecule has 0 atom stereocenters. The second-order valence-corrected chi connectivity index (χ2v) is 5.35. The van der Waals surface area contributed by atoms with Crippen LogP contribution in [0.25, 0.3) is 10.9 Å². The van der Waals surface area contributed by atoms with Crippen LogP contribution in [-0.4, -0.2) is 10.9 Å². The van der Waals surface area contributed by atoms with Crippen molar-refractivity contribution in [3.63, 3.8) is 0 Å². The van der Waals surface area contributed by atoms with E-state index >= 15 is 0 Å². The van der Waals surface area contributed by atoms with Crippen molar-refractivity contribution in [2.24, 2.45) is 0 Å². The van der Waals surface area contributed by atoms with Gasteiger partial charge in [-0.05, 0) is 43.2 Å². The fourth-order valence-corrected chi connectivity index (χ4v) is 2.40. The second kappa shape index (κ2) is 10.2. The Labute approximate surface area is 155 Å². The summed E-state index contributed by atoms with van der Waals surface area (Å²) in [6, 6.07) is 13.0. The van der Waals surface area contributed by atoms with Crippen LogP contribution >= 0.6 is 0 Å². The number of amides is 1. The average Bonchev–Trinajstić information content (AvgIpc) is 2.68. The van der Waals surface area contributed by atoms with E-state index in [9.17, 15) is 9.59 Å². The van der Waals surface area contributed by atoms with Gasteiger partial charge in [0.15, 0.2) is 0 Å². The molecular formula is C22H28N2O2. The molecule has 0 fully saturated rings. The molecule has 2 N–H and O–H groups in total. The molecule has 0 aliphatic heterocycles. The summed E-state index contributed by atoms with van der Waals surface area (Å²) in [5, 5.41) is 3.32. The van der Waals surface area contributed by atoms with E-state index in [0.717, 1.165) is 22.3 Å². The molecule has 3 rings (SSSR count). The summed E-state index contributed by atoms with van der Waals surface area (Å²) in [6.45, 7) is 11.9. The van der Waals surface area contributed by atoms with Crippen LogP contribution in [0.3, 0.4) is 0 Å². The van der Waals surface area contributed by atoms with E-state index in [1.807, 2.05) is 71.9 Å². The number of aryl methyl sites for hydroxylation is 2. The quantitative estimate of drug-likeness (QED) is 0.644. The van der Waals surface area contributed by atoms with Crippen LogP contribution in [0.1, 0.15) is 49.2 Å². The van der Waals surface area contributed by atoms with E-state index < -0.39 is 5.91 Å². The van der Waals surface area contributed by atoms with Gasteiger partial charge in [0.1, 0.15) is 5.56 Å². The Morgan fingerprint density at radius 3 is 2.31 bits per heavy atom. The molecule has 0 spiro atoms. The summed E-state index contributed by atoms with van der Waals surface area (Å²) < 4.78 is 0. The van der Waals surface area contributed by atoms with E-state index in [1.165, 1.54) is 6.20 Å². The van der Waals surface area contributed by atoms with Crippen molar-refractivity contribution in [1.29, 1.82) is 0 Å². The Bertz CT molecular complexity index is 927. The van der Waals surface area contributed by atoms with Gasteiger partial charge in [-0.3, -0.25) is 9.59 Å². The van der Waals surface area contributed by atoms with Crippen molar-refractivity contribution in [2.45, 2.75) is 41.5 Å². The molecule has 2 aromatic carbocycles. The van der Waals surface area contributed by atoms with Gasteiger partial charge in [-0.25, -0.2) is 0 Å². The number of para-hydroxylation sites is 1. The van der Waals surface area contributed by atoms with Crippen molar-refractivity contribution >= 4 is 22.5 Å². The van der Waals surface area contributed by atoms with Crippen molar-refractivity contribution < 1.29 is 4.79 Å². The van der Waals surface area contributed by atoms with Crippen LogP contribution in [0.5, 0.6) is 0 Å². The van der Waals surface area contributed by atoms with Crippen molar-refractivity contribution in [3.05, 3.63) is 75.6 Å². The molecule has 3 aromatic rings. The van der Waals surface area contributed by atoms with Crippen LogP contribution in [-0.2, 0) is 0 Å². The highest BCUT2D eigenvalue weighted by Crippen LogP contribution is 2.17. The number of pyridine rings is 1. The SMILES string of the molecule is CC.CC.Cc1ccc(C)c(NC(=O)c2c[nH]c3ccccc3c2=O)c1. The van der Waals surface area contributed by atoms with Gasteiger partial charge in [0, 0.05) is 22.8 Å². The van der Waals surface area contributed by atoms with E-state index in [0.29, 0.717) is 5.39 Å². The molecule has 0 unspecified atom stereocenters. The Hall–Kier alpha value is -2.88. The largest absolute Gasteiger partial charge is 0.360 e. The molecule has 0 radical (unpaired) electrons. The maximum Gasteiger partial charge on any atom is 0.261 e. The zero-order valence-corrected chi connectivity index (χ0v) is 16.4. The molecule has 0 bridgehead atoms. The van der Waals surface area contributed by atoms with E-state index in [2.05, 4.69) is 10.3 Å². The highest BCUT2D eigenvalue weighted by atomic mass is 16.2. The first-order chi connectivity index (χ1) is 12.6. The van der Waals surface area contributed by atoms with Gasteiger partial charge in [0.25, 0.3) is 5.91 Å². The van der Waals surface area contributed by atoms with E-state index in [1.54, 1.807) is 12.1 Å². The minimum Gasteiger partial charge on any atom is -0.360 e. The molecule has 138 valence electrons. The molecule has 0 aliphatic carbocycles. The lowest BCUT2D eigenvalue weighted by atomic mass is 10.1. The number of H-pyrrole nitrogens is 1. The molecule has 4 heteroatoms. The maximum absolute atomic E-state index is 12.4. The number of hydrogen-bond acceptors (Lipinski definition) is 2. The first-order valence-electron chi connectivity index (χ1n) is 9.05. The second-order valence-electron chi connectivity index (χ2n) is 5.35. The Kier molecular flexibility index (Phi) is 8.29. The number of rotatable bonds is 2. The van der Waals surface area contributed by atoms with E-state index in [4.69, 9.17) is 0 Å². The molecule has 0 saturated carbocycles. The molecule has 1 amide bonds. The first-order valence-corrected chi connectivity index (χ1v) is 9.05. The molecule has 0 aliphatic rings. The smallest absolute Gasteiger partial charge is 0.261 e. The third-order valence-electron chi connectivity index (χ3n) is 3.67. The van der Waals surface area contributed by atoms with Crippen LogP contribution in [0.2, 0.25) is 0 Å². The van der Waals surface area contributed by atoms with Crippen LogP contribution in [0, 0.1) is 13.8 Å². The Morgan fingerprint density at radius 1 is 0.962 bits per heavy atom. The fourth-order valence-electron chi connectivity index (χ4n) is 2.40. The van der Waals surface area contributed by atoms with Crippen LogP contribution in [0.4, 0.5) is 5.69 Å². The molecule has 26 heavy (non-hydrogen) atoms. The van der Waals surface area contributed by atoms with E-state index in [-0.39, 0.29) is 11.0 Å². The number of fused-ring (bicyclic) bond motifs is 1. The van der Waals surface area contributed by atoms with Gasteiger partial charge < -0.3 is 10.3 Å². The molecule has 1 heterocycles. The Morgan fingerprint density at radius 2 is 1.62 bits per heavy atom. The summed E-state index contributed by atoms with van der Waals surface area (Å²) in [5.41, 5.74) is 3.29. The summed E-state index contributed by atoms with van der Waals surface area (Å²) in [4.78, 5) is 27.8. The lowest BCUT2D eigenvalue weighted by Crippen LogP contribution is -2.22. The monoisotopic (exact) mass is 352 g/mol. The number of carbonyl (C=O) groups excluding carboxylic acids is 1. The molecule has 4 nitrogen and oxygen atoms in total. The lowest BCUT2D eigenvalue weighted by Gasteiger charge is -2.09. The van der Waals surface area contributed by atoms with Gasteiger partial charge in [-0.2, -0.15) is 0 Å². The lowest BCUT2D eigenvalue weighted by molar-refractivity contribution is 0.102. The van der Waals surface area contributed by atoms with Gasteiger partial charge in [0.2, 0.25) is 5.43 Å². The van der Waals surface area contributed by atoms with Crippen LogP contribution in [0.15, 0.2) is 53.5 Å². The topological polar surface area (TPSA) is 62.0 Å². The fraction of sp³-hybridized carbons (Fsp3) is 0.273. The third-order valence-corrected chi connectivity index (χ3v) is 3.67.